The SMILES string of the molecule is O=[N+]([O-])c1cc(Cl)ccc1Oc1ccc2nnc(-c3ccccc3F)n2n1. The van der Waals surface area contributed by atoms with Gasteiger partial charge in [-0.05, 0) is 30.3 Å². The molecule has 0 aliphatic carbocycles. The van der Waals surface area contributed by atoms with Crippen LogP contribution in [0.3, 0.4) is 0 Å². The van der Waals surface area contributed by atoms with Crippen molar-refractivity contribution < 1.29 is 14.1 Å². The first-order valence-electron chi connectivity index (χ1n) is 7.62. The van der Waals surface area contributed by atoms with Crippen molar-refractivity contribution in [2.75, 3.05) is 0 Å². The Bertz CT molecular complexity index is 1180. The fourth-order valence-corrected chi connectivity index (χ4v) is 2.64. The molecule has 8 nitrogen and oxygen atoms in total. The number of rotatable bonds is 4. The predicted molar refractivity (Wildman–Crippen MR) is 94.4 cm³/mol. The van der Waals surface area contributed by atoms with Crippen LogP contribution in [-0.2, 0) is 0 Å². The summed E-state index contributed by atoms with van der Waals surface area (Å²) in [6.07, 6.45) is 0. The lowest BCUT2D eigenvalue weighted by Crippen LogP contribution is -2.00. The van der Waals surface area contributed by atoms with Crippen LogP contribution in [0.5, 0.6) is 11.6 Å². The standard InChI is InChI=1S/C17H9ClFN5O3/c18-10-5-6-14(13(9-10)24(25)26)27-16-8-7-15-20-21-17(23(15)22-16)11-3-1-2-4-12(11)19/h1-9H. The minimum absolute atomic E-state index is 0.0308. The second-order valence-corrected chi connectivity index (χ2v) is 5.85. The Kier molecular flexibility index (Phi) is 4.13. The van der Waals surface area contributed by atoms with E-state index in [9.17, 15) is 14.5 Å². The van der Waals surface area contributed by atoms with Gasteiger partial charge >= 0.3 is 5.69 Å². The van der Waals surface area contributed by atoms with Crippen molar-refractivity contribution in [2.45, 2.75) is 0 Å². The topological polar surface area (TPSA) is 95.5 Å². The molecular formula is C17H9ClFN5O3. The normalized spacial score (nSPS) is 10.9. The van der Waals surface area contributed by atoms with Crippen molar-refractivity contribution in [3.05, 3.63) is 75.6 Å². The summed E-state index contributed by atoms with van der Waals surface area (Å²) in [5.41, 5.74) is 0.279. The van der Waals surface area contributed by atoms with Crippen molar-refractivity contribution in [1.29, 1.82) is 0 Å². The van der Waals surface area contributed by atoms with Crippen LogP contribution in [-0.4, -0.2) is 24.7 Å². The Morgan fingerprint density at radius 3 is 2.70 bits per heavy atom. The van der Waals surface area contributed by atoms with Crippen LogP contribution in [0.2, 0.25) is 5.02 Å². The molecule has 4 rings (SSSR count). The molecule has 2 heterocycles. The quantitative estimate of drug-likeness (QED) is 0.384. The lowest BCUT2D eigenvalue weighted by Gasteiger charge is -2.06. The lowest BCUT2D eigenvalue weighted by molar-refractivity contribution is -0.385. The van der Waals surface area contributed by atoms with Crippen molar-refractivity contribution in [2.24, 2.45) is 0 Å². The van der Waals surface area contributed by atoms with Crippen molar-refractivity contribution >= 4 is 22.9 Å². The molecule has 0 saturated heterocycles. The van der Waals surface area contributed by atoms with E-state index in [1.807, 2.05) is 0 Å². The van der Waals surface area contributed by atoms with Gasteiger partial charge < -0.3 is 4.74 Å². The fourth-order valence-electron chi connectivity index (χ4n) is 2.47. The Balaban J connectivity index is 1.78. The second kappa shape index (κ2) is 6.61. The maximum absolute atomic E-state index is 14.1. The average molecular weight is 386 g/mol. The molecule has 0 unspecified atom stereocenters. The lowest BCUT2D eigenvalue weighted by atomic mass is 10.2. The summed E-state index contributed by atoms with van der Waals surface area (Å²) < 4.78 is 20.9. The first-order valence-corrected chi connectivity index (χ1v) is 8.00. The molecule has 0 N–H and O–H groups in total. The van der Waals surface area contributed by atoms with Crippen LogP contribution in [0.4, 0.5) is 10.1 Å². The number of halogens is 2. The third kappa shape index (κ3) is 3.15. The molecule has 0 atom stereocenters. The van der Waals surface area contributed by atoms with E-state index in [0.717, 1.165) is 0 Å². The molecule has 0 radical (unpaired) electrons. The molecule has 0 saturated carbocycles. The molecule has 0 fully saturated rings. The summed E-state index contributed by atoms with van der Waals surface area (Å²) in [7, 11) is 0. The second-order valence-electron chi connectivity index (χ2n) is 5.42. The summed E-state index contributed by atoms with van der Waals surface area (Å²) in [4.78, 5) is 10.6. The van der Waals surface area contributed by atoms with E-state index in [1.165, 1.54) is 34.8 Å². The number of nitro benzene ring substituents is 1. The Morgan fingerprint density at radius 1 is 1.11 bits per heavy atom. The highest BCUT2D eigenvalue weighted by atomic mass is 35.5. The zero-order valence-electron chi connectivity index (χ0n) is 13.4. The van der Waals surface area contributed by atoms with Crippen LogP contribution in [0.15, 0.2) is 54.6 Å². The predicted octanol–water partition coefficient (Wildman–Crippen LogP) is 4.28. The van der Waals surface area contributed by atoms with E-state index < -0.39 is 10.7 Å². The number of aromatic nitrogens is 4. The Morgan fingerprint density at radius 2 is 1.93 bits per heavy atom. The molecule has 10 heteroatoms. The highest BCUT2D eigenvalue weighted by Gasteiger charge is 2.18. The molecule has 0 aliphatic rings. The monoisotopic (exact) mass is 385 g/mol. The van der Waals surface area contributed by atoms with E-state index in [1.54, 1.807) is 24.3 Å². The third-order valence-electron chi connectivity index (χ3n) is 3.69. The van der Waals surface area contributed by atoms with Crippen molar-refractivity contribution in [3.63, 3.8) is 0 Å². The number of hydrogen-bond donors (Lipinski definition) is 0. The molecule has 0 spiro atoms. The van der Waals surface area contributed by atoms with Gasteiger partial charge in [0.05, 0.1) is 10.5 Å². The average Bonchev–Trinajstić information content (AvgIpc) is 3.06. The molecule has 0 bridgehead atoms. The number of nitrogens with zero attached hydrogens (tertiary/aromatic N) is 5. The molecular weight excluding hydrogens is 377 g/mol. The smallest absolute Gasteiger partial charge is 0.313 e. The van der Waals surface area contributed by atoms with E-state index >= 15 is 0 Å². The molecule has 2 aromatic carbocycles. The zero-order valence-corrected chi connectivity index (χ0v) is 14.2. The van der Waals surface area contributed by atoms with Gasteiger partial charge in [0.1, 0.15) is 5.82 Å². The highest BCUT2D eigenvalue weighted by Crippen LogP contribution is 2.33. The first kappa shape index (κ1) is 16.9. The first-order chi connectivity index (χ1) is 13.0. The molecule has 134 valence electrons. The van der Waals surface area contributed by atoms with Gasteiger partial charge in [-0.25, -0.2) is 4.39 Å². The van der Waals surface area contributed by atoms with E-state index in [2.05, 4.69) is 15.3 Å². The van der Waals surface area contributed by atoms with Gasteiger partial charge in [-0.1, -0.05) is 23.7 Å². The Hall–Kier alpha value is -3.59. The minimum atomic E-state index is -0.608. The summed E-state index contributed by atoms with van der Waals surface area (Å²) in [6, 6.07) is 13.1. The van der Waals surface area contributed by atoms with Crippen LogP contribution >= 0.6 is 11.6 Å². The molecule has 0 aliphatic heterocycles. The number of benzene rings is 2. The molecule has 0 amide bonds. The van der Waals surface area contributed by atoms with Gasteiger partial charge in [-0.2, -0.15) is 4.52 Å². The summed E-state index contributed by atoms with van der Waals surface area (Å²) >= 11 is 5.80. The van der Waals surface area contributed by atoms with E-state index in [0.29, 0.717) is 5.65 Å². The summed E-state index contributed by atoms with van der Waals surface area (Å²) in [5.74, 6) is -0.283. The van der Waals surface area contributed by atoms with Crippen molar-refractivity contribution in [3.8, 4) is 23.0 Å². The largest absolute Gasteiger partial charge is 0.430 e. The number of fused-ring (bicyclic) bond motifs is 1. The highest BCUT2D eigenvalue weighted by molar-refractivity contribution is 6.30. The summed E-state index contributed by atoms with van der Waals surface area (Å²) in [5, 5.41) is 23.5. The van der Waals surface area contributed by atoms with Gasteiger partial charge in [-0.3, -0.25) is 10.1 Å². The maximum atomic E-state index is 14.1. The van der Waals surface area contributed by atoms with Gasteiger partial charge in [0.2, 0.25) is 11.6 Å². The van der Waals surface area contributed by atoms with Crippen molar-refractivity contribution in [1.82, 2.24) is 19.8 Å². The van der Waals surface area contributed by atoms with Gasteiger partial charge in [0, 0.05) is 17.2 Å². The van der Waals surface area contributed by atoms with Crippen LogP contribution in [0.1, 0.15) is 0 Å². The number of ether oxygens (including phenoxy) is 1. The van der Waals surface area contributed by atoms with Crippen LogP contribution < -0.4 is 4.74 Å². The van der Waals surface area contributed by atoms with E-state index in [-0.39, 0.29) is 33.7 Å². The third-order valence-corrected chi connectivity index (χ3v) is 3.92. The maximum Gasteiger partial charge on any atom is 0.313 e. The molecule has 2 aromatic heterocycles. The van der Waals surface area contributed by atoms with Gasteiger partial charge in [0.15, 0.2) is 11.5 Å². The molecule has 27 heavy (non-hydrogen) atoms. The fraction of sp³-hybridized carbons (Fsp3) is 0. The minimum Gasteiger partial charge on any atom is -0.430 e. The van der Waals surface area contributed by atoms with Crippen LogP contribution in [0.25, 0.3) is 17.0 Å². The van der Waals surface area contributed by atoms with E-state index in [4.69, 9.17) is 16.3 Å². The molecule has 4 aromatic rings. The van der Waals surface area contributed by atoms with Gasteiger partial charge in [-0.15, -0.1) is 15.3 Å². The zero-order chi connectivity index (χ0) is 19.0. The number of nitro groups is 1. The van der Waals surface area contributed by atoms with Gasteiger partial charge in [0.25, 0.3) is 0 Å². The number of hydrogen-bond acceptors (Lipinski definition) is 6. The Labute approximate surface area is 155 Å². The summed E-state index contributed by atoms with van der Waals surface area (Å²) in [6.45, 7) is 0. The van der Waals surface area contributed by atoms with Crippen LogP contribution in [0, 0.1) is 15.9 Å².